The lowest BCUT2D eigenvalue weighted by Gasteiger charge is -2.25. The SMILES string of the molecule is CC(C)[C@H]1NC(=O)[C@H](CC(N)=O)NC(=O)C[C@@H](C(=O)NCCN2CCCCCC2)NC(=O)c2ccccc2OCCNC1=O. The third kappa shape index (κ3) is 10.8. The van der Waals surface area contributed by atoms with E-state index in [1.807, 2.05) is 0 Å². The number of ether oxygens (including phenoxy) is 1. The summed E-state index contributed by atoms with van der Waals surface area (Å²) in [6.45, 7) is 6.37. The number of carbonyl (C=O) groups excluding carboxylic acids is 6. The molecule has 0 unspecified atom stereocenters. The third-order valence-corrected chi connectivity index (χ3v) is 7.53. The highest BCUT2D eigenvalue weighted by molar-refractivity contribution is 6.01. The van der Waals surface area contributed by atoms with E-state index in [2.05, 4.69) is 31.5 Å². The van der Waals surface area contributed by atoms with Crippen LogP contribution in [0.15, 0.2) is 24.3 Å². The lowest BCUT2D eigenvalue weighted by Crippen LogP contribution is -2.57. The van der Waals surface area contributed by atoms with Crippen LogP contribution in [-0.4, -0.2) is 97.8 Å². The van der Waals surface area contributed by atoms with E-state index in [1.165, 1.54) is 18.9 Å². The van der Waals surface area contributed by atoms with E-state index in [0.717, 1.165) is 25.9 Å². The lowest BCUT2D eigenvalue weighted by molar-refractivity contribution is -0.134. The zero-order valence-corrected chi connectivity index (χ0v) is 25.5. The number of amides is 6. The predicted molar refractivity (Wildman–Crippen MR) is 161 cm³/mol. The molecule has 0 spiro atoms. The van der Waals surface area contributed by atoms with Crippen LogP contribution >= 0.6 is 0 Å². The standard InChI is InChI=1S/C30H45N7O7/c1-19(2)26-30(43)33-12-16-44-23-10-6-5-9-20(23)27(40)35-22(18-25(39)34-21(17-24(31)38)29(42)36-26)28(41)32-11-15-37-13-7-3-4-8-14-37/h5-6,9-10,19,21-22,26H,3-4,7-8,11-18H2,1-2H3,(H2,31,38)(H,32,41)(H,33,43)(H,34,39)(H,35,40)(H,36,42)/t21-,22-,26+/m0/s1. The van der Waals surface area contributed by atoms with Crippen molar-refractivity contribution in [2.24, 2.45) is 11.7 Å². The first-order valence-corrected chi connectivity index (χ1v) is 15.2. The van der Waals surface area contributed by atoms with Crippen LogP contribution in [-0.2, 0) is 24.0 Å². The zero-order chi connectivity index (χ0) is 32.1. The fourth-order valence-corrected chi connectivity index (χ4v) is 5.13. The van der Waals surface area contributed by atoms with Gasteiger partial charge in [0.1, 0.15) is 30.5 Å². The van der Waals surface area contributed by atoms with Gasteiger partial charge in [-0.25, -0.2) is 0 Å². The van der Waals surface area contributed by atoms with Crippen molar-refractivity contribution < 1.29 is 33.5 Å². The number of para-hydroxylation sites is 1. The van der Waals surface area contributed by atoms with Gasteiger partial charge in [0.25, 0.3) is 5.91 Å². The Morgan fingerprint density at radius 1 is 1.00 bits per heavy atom. The molecule has 3 rings (SSSR count). The van der Waals surface area contributed by atoms with Gasteiger partial charge >= 0.3 is 0 Å². The van der Waals surface area contributed by atoms with E-state index in [9.17, 15) is 28.8 Å². The average Bonchev–Trinajstić information content (AvgIpc) is 3.25. The van der Waals surface area contributed by atoms with E-state index in [4.69, 9.17) is 10.5 Å². The number of fused-ring (bicyclic) bond motifs is 1. The normalized spacial score (nSPS) is 23.0. The van der Waals surface area contributed by atoms with Crippen molar-refractivity contribution >= 4 is 35.4 Å². The number of carbonyl (C=O) groups is 6. The number of likely N-dealkylation sites (tertiary alicyclic amines) is 1. The summed E-state index contributed by atoms with van der Waals surface area (Å²) in [5, 5.41) is 13.2. The lowest BCUT2D eigenvalue weighted by atomic mass is 10.0. The number of nitrogens with one attached hydrogen (secondary N) is 5. The maximum Gasteiger partial charge on any atom is 0.255 e. The zero-order valence-electron chi connectivity index (χ0n) is 25.5. The quantitative estimate of drug-likeness (QED) is 0.228. The largest absolute Gasteiger partial charge is 0.491 e. The molecule has 1 aromatic rings. The van der Waals surface area contributed by atoms with E-state index < -0.39 is 66.4 Å². The first-order chi connectivity index (χ1) is 21.0. The second kappa shape index (κ2) is 17.2. The number of hydrogen-bond donors (Lipinski definition) is 6. The van der Waals surface area contributed by atoms with Crippen LogP contribution in [0.5, 0.6) is 5.75 Å². The molecule has 2 aliphatic heterocycles. The van der Waals surface area contributed by atoms with Crippen LogP contribution < -0.4 is 37.1 Å². The molecule has 7 N–H and O–H groups in total. The summed E-state index contributed by atoms with van der Waals surface area (Å²) in [6.07, 6.45) is 3.48. The Morgan fingerprint density at radius 2 is 1.70 bits per heavy atom. The first kappa shape index (κ1) is 34.3. The molecule has 14 nitrogen and oxygen atoms in total. The van der Waals surface area contributed by atoms with E-state index in [-0.39, 0.29) is 30.4 Å². The van der Waals surface area contributed by atoms with Crippen LogP contribution in [0.1, 0.15) is 62.7 Å². The summed E-state index contributed by atoms with van der Waals surface area (Å²) in [6, 6.07) is 2.72. The fraction of sp³-hybridized carbons (Fsp3) is 0.600. The molecule has 1 aromatic carbocycles. The maximum absolute atomic E-state index is 13.4. The summed E-state index contributed by atoms with van der Waals surface area (Å²) in [5.74, 6) is -4.26. The summed E-state index contributed by atoms with van der Waals surface area (Å²) in [7, 11) is 0. The molecular formula is C30H45N7O7. The highest BCUT2D eigenvalue weighted by Crippen LogP contribution is 2.18. The molecule has 1 fully saturated rings. The minimum Gasteiger partial charge on any atom is -0.491 e. The Bertz CT molecular complexity index is 1180. The number of rotatable bonds is 7. The van der Waals surface area contributed by atoms with E-state index in [0.29, 0.717) is 13.1 Å². The van der Waals surface area contributed by atoms with Crippen molar-refractivity contribution in [2.75, 3.05) is 39.3 Å². The number of hydrogen-bond acceptors (Lipinski definition) is 8. The maximum atomic E-state index is 13.4. The van der Waals surface area contributed by atoms with Crippen LogP contribution in [0.3, 0.4) is 0 Å². The Kier molecular flexibility index (Phi) is 13.4. The molecular weight excluding hydrogens is 570 g/mol. The predicted octanol–water partition coefficient (Wildman–Crippen LogP) is -0.823. The van der Waals surface area contributed by atoms with Gasteiger partial charge < -0.3 is 42.0 Å². The molecule has 1 saturated heterocycles. The molecule has 2 aliphatic rings. The Balaban J connectivity index is 1.84. The van der Waals surface area contributed by atoms with Gasteiger partial charge in [-0.1, -0.05) is 38.8 Å². The fourth-order valence-electron chi connectivity index (χ4n) is 5.13. The molecule has 3 atom stereocenters. The molecule has 6 amide bonds. The van der Waals surface area contributed by atoms with Gasteiger partial charge in [-0.05, 0) is 44.0 Å². The van der Waals surface area contributed by atoms with Gasteiger partial charge in [-0.2, -0.15) is 0 Å². The average molecular weight is 616 g/mol. The van der Waals surface area contributed by atoms with Crippen molar-refractivity contribution in [3.63, 3.8) is 0 Å². The number of primary amides is 1. The second-order valence-corrected chi connectivity index (χ2v) is 11.4. The van der Waals surface area contributed by atoms with Gasteiger partial charge in [0.2, 0.25) is 29.5 Å². The van der Waals surface area contributed by atoms with Crippen LogP contribution in [0.4, 0.5) is 0 Å². The Hall–Kier alpha value is -4.20. The summed E-state index contributed by atoms with van der Waals surface area (Å²) in [5.41, 5.74) is 5.48. The van der Waals surface area contributed by atoms with Gasteiger partial charge in [-0.3, -0.25) is 28.8 Å². The highest BCUT2D eigenvalue weighted by Gasteiger charge is 2.32. The topological polar surface area (TPSA) is 201 Å². The van der Waals surface area contributed by atoms with Crippen LogP contribution in [0, 0.1) is 5.92 Å². The van der Waals surface area contributed by atoms with E-state index in [1.54, 1.807) is 32.0 Å². The molecule has 242 valence electrons. The summed E-state index contributed by atoms with van der Waals surface area (Å²) >= 11 is 0. The van der Waals surface area contributed by atoms with Crippen LogP contribution in [0.25, 0.3) is 0 Å². The summed E-state index contributed by atoms with van der Waals surface area (Å²) < 4.78 is 5.77. The Morgan fingerprint density at radius 3 is 2.39 bits per heavy atom. The molecule has 0 aromatic heterocycles. The minimum atomic E-state index is -1.41. The van der Waals surface area contributed by atoms with Crippen molar-refractivity contribution in [3.05, 3.63) is 29.8 Å². The van der Waals surface area contributed by atoms with Crippen molar-refractivity contribution in [1.29, 1.82) is 0 Å². The second-order valence-electron chi connectivity index (χ2n) is 11.4. The first-order valence-electron chi connectivity index (χ1n) is 15.2. The highest BCUT2D eigenvalue weighted by atomic mass is 16.5. The Labute approximate surface area is 257 Å². The smallest absolute Gasteiger partial charge is 0.255 e. The molecule has 2 heterocycles. The number of benzene rings is 1. The molecule has 0 bridgehead atoms. The number of nitrogens with zero attached hydrogens (tertiary/aromatic N) is 1. The van der Waals surface area contributed by atoms with Gasteiger partial charge in [-0.15, -0.1) is 0 Å². The van der Waals surface area contributed by atoms with Crippen molar-refractivity contribution in [1.82, 2.24) is 31.5 Å². The molecule has 0 aliphatic carbocycles. The molecule has 14 heteroatoms. The van der Waals surface area contributed by atoms with Crippen molar-refractivity contribution in [2.45, 2.75) is 70.5 Å². The summed E-state index contributed by atoms with van der Waals surface area (Å²) in [4.78, 5) is 79.9. The molecule has 44 heavy (non-hydrogen) atoms. The van der Waals surface area contributed by atoms with Crippen LogP contribution in [0.2, 0.25) is 0 Å². The molecule has 0 saturated carbocycles. The third-order valence-electron chi connectivity index (χ3n) is 7.53. The van der Waals surface area contributed by atoms with Gasteiger partial charge in [0.05, 0.1) is 24.9 Å². The van der Waals surface area contributed by atoms with E-state index >= 15 is 0 Å². The molecule has 0 radical (unpaired) electrons. The monoisotopic (exact) mass is 615 g/mol. The van der Waals surface area contributed by atoms with Gasteiger partial charge in [0, 0.05) is 13.1 Å². The minimum absolute atomic E-state index is 0.0134. The number of nitrogens with two attached hydrogens (primary N) is 1. The van der Waals surface area contributed by atoms with Crippen molar-refractivity contribution in [3.8, 4) is 5.75 Å². The van der Waals surface area contributed by atoms with Gasteiger partial charge in [0.15, 0.2) is 0 Å².